The van der Waals surface area contributed by atoms with Crippen molar-refractivity contribution in [3.05, 3.63) is 35.9 Å². The number of carbonyl (C=O) groups excluding carboxylic acids is 1. The Morgan fingerprint density at radius 2 is 2.10 bits per heavy atom. The molecule has 3 unspecified atom stereocenters. The Balaban J connectivity index is 2.25. The number of aliphatic hydroxyl groups excluding tert-OH is 1. The van der Waals surface area contributed by atoms with E-state index in [-0.39, 0.29) is 24.5 Å². The van der Waals surface area contributed by atoms with Crippen molar-refractivity contribution in [1.82, 2.24) is 4.90 Å². The fraction of sp³-hybridized carbons (Fsp3) is 0.588. The zero-order valence-corrected chi connectivity index (χ0v) is 12.5. The zero-order valence-electron chi connectivity index (χ0n) is 12.5. The van der Waals surface area contributed by atoms with Crippen LogP contribution in [0.5, 0.6) is 0 Å². The summed E-state index contributed by atoms with van der Waals surface area (Å²) in [6, 6.07) is 10.1. The van der Waals surface area contributed by atoms with E-state index in [0.717, 1.165) is 31.4 Å². The van der Waals surface area contributed by atoms with Crippen LogP contribution in [0.3, 0.4) is 0 Å². The van der Waals surface area contributed by atoms with Gasteiger partial charge in [-0.2, -0.15) is 0 Å². The third-order valence-electron chi connectivity index (χ3n) is 4.51. The van der Waals surface area contributed by atoms with Gasteiger partial charge in [-0.15, -0.1) is 0 Å². The Morgan fingerprint density at radius 1 is 1.40 bits per heavy atom. The maximum atomic E-state index is 12.9. The van der Waals surface area contributed by atoms with Gasteiger partial charge in [-0.25, -0.2) is 0 Å². The Hall–Kier alpha value is -1.35. The summed E-state index contributed by atoms with van der Waals surface area (Å²) in [5.41, 5.74) is 1.09. The molecule has 1 heterocycles. The van der Waals surface area contributed by atoms with E-state index in [1.807, 2.05) is 35.2 Å². The van der Waals surface area contributed by atoms with Crippen molar-refractivity contribution in [3.8, 4) is 0 Å². The number of benzene rings is 1. The van der Waals surface area contributed by atoms with Crippen LogP contribution in [0.1, 0.15) is 44.6 Å². The standard InChI is InChI=1S/C17H25NO2/c1-3-13(2)16(14-8-5-4-6-9-14)17(20)18-11-7-10-15(18)12-19/h4-6,8-9,13,15-16,19H,3,7,10-12H2,1-2H3. The first-order valence-electron chi connectivity index (χ1n) is 7.65. The van der Waals surface area contributed by atoms with Crippen molar-refractivity contribution in [2.75, 3.05) is 13.2 Å². The molecule has 3 heteroatoms. The summed E-state index contributed by atoms with van der Waals surface area (Å²) in [7, 11) is 0. The smallest absolute Gasteiger partial charge is 0.230 e. The summed E-state index contributed by atoms with van der Waals surface area (Å²) >= 11 is 0. The Morgan fingerprint density at radius 3 is 2.70 bits per heavy atom. The molecule has 1 aliphatic rings. The van der Waals surface area contributed by atoms with Gasteiger partial charge in [0.1, 0.15) is 0 Å². The second-order valence-electron chi connectivity index (χ2n) is 5.78. The average molecular weight is 275 g/mol. The molecule has 1 amide bonds. The Bertz CT molecular complexity index is 432. The molecule has 0 spiro atoms. The molecular formula is C17H25NO2. The number of hydrogen-bond acceptors (Lipinski definition) is 2. The van der Waals surface area contributed by atoms with E-state index in [1.54, 1.807) is 0 Å². The van der Waals surface area contributed by atoms with Crippen molar-refractivity contribution in [2.45, 2.75) is 45.1 Å². The maximum Gasteiger partial charge on any atom is 0.230 e. The lowest BCUT2D eigenvalue weighted by atomic mass is 9.84. The minimum absolute atomic E-state index is 0.0118. The summed E-state index contributed by atoms with van der Waals surface area (Å²) in [6.07, 6.45) is 2.90. The predicted octanol–water partition coefficient (Wildman–Crippen LogP) is 2.80. The summed E-state index contributed by atoms with van der Waals surface area (Å²) in [6.45, 7) is 5.12. The first-order chi connectivity index (χ1) is 9.69. The summed E-state index contributed by atoms with van der Waals surface area (Å²) in [4.78, 5) is 14.8. The van der Waals surface area contributed by atoms with Gasteiger partial charge in [0, 0.05) is 6.54 Å². The third-order valence-corrected chi connectivity index (χ3v) is 4.51. The van der Waals surface area contributed by atoms with Gasteiger partial charge in [0.25, 0.3) is 0 Å². The van der Waals surface area contributed by atoms with Gasteiger partial charge in [-0.3, -0.25) is 4.79 Å². The first-order valence-corrected chi connectivity index (χ1v) is 7.65. The van der Waals surface area contributed by atoms with Crippen LogP contribution in [0.25, 0.3) is 0 Å². The fourth-order valence-corrected chi connectivity index (χ4v) is 3.10. The van der Waals surface area contributed by atoms with Crippen LogP contribution in [0.2, 0.25) is 0 Å². The van der Waals surface area contributed by atoms with Crippen LogP contribution in [0.15, 0.2) is 30.3 Å². The third kappa shape index (κ3) is 3.04. The Kier molecular flexibility index (Phi) is 5.18. The van der Waals surface area contributed by atoms with Gasteiger partial charge in [-0.05, 0) is 24.3 Å². The molecule has 1 aromatic rings. The molecule has 1 aliphatic heterocycles. The molecule has 1 saturated heterocycles. The maximum absolute atomic E-state index is 12.9. The van der Waals surface area contributed by atoms with Crippen LogP contribution >= 0.6 is 0 Å². The molecule has 2 rings (SSSR count). The molecule has 20 heavy (non-hydrogen) atoms. The second kappa shape index (κ2) is 6.89. The van der Waals surface area contributed by atoms with E-state index in [2.05, 4.69) is 13.8 Å². The van der Waals surface area contributed by atoms with Crippen molar-refractivity contribution in [1.29, 1.82) is 0 Å². The van der Waals surface area contributed by atoms with Gasteiger partial charge in [-0.1, -0.05) is 50.6 Å². The van der Waals surface area contributed by atoms with E-state index in [4.69, 9.17) is 0 Å². The monoisotopic (exact) mass is 275 g/mol. The zero-order chi connectivity index (χ0) is 14.5. The topological polar surface area (TPSA) is 40.5 Å². The summed E-state index contributed by atoms with van der Waals surface area (Å²) < 4.78 is 0. The normalized spacial score (nSPS) is 21.8. The lowest BCUT2D eigenvalue weighted by molar-refractivity contribution is -0.135. The highest BCUT2D eigenvalue weighted by Crippen LogP contribution is 2.31. The van der Waals surface area contributed by atoms with E-state index in [9.17, 15) is 9.90 Å². The number of rotatable bonds is 5. The van der Waals surface area contributed by atoms with Gasteiger partial charge in [0.05, 0.1) is 18.6 Å². The van der Waals surface area contributed by atoms with Crippen molar-refractivity contribution in [3.63, 3.8) is 0 Å². The van der Waals surface area contributed by atoms with Gasteiger partial charge < -0.3 is 10.0 Å². The lowest BCUT2D eigenvalue weighted by Crippen LogP contribution is -2.42. The molecular weight excluding hydrogens is 250 g/mol. The van der Waals surface area contributed by atoms with Crippen LogP contribution in [0, 0.1) is 5.92 Å². The van der Waals surface area contributed by atoms with Crippen LogP contribution in [0.4, 0.5) is 0 Å². The lowest BCUT2D eigenvalue weighted by Gasteiger charge is -2.31. The molecule has 110 valence electrons. The molecule has 0 bridgehead atoms. The predicted molar refractivity (Wildman–Crippen MR) is 80.5 cm³/mol. The molecule has 0 aliphatic carbocycles. The highest BCUT2D eigenvalue weighted by Gasteiger charge is 2.35. The van der Waals surface area contributed by atoms with Crippen LogP contribution in [-0.2, 0) is 4.79 Å². The number of likely N-dealkylation sites (tertiary alicyclic amines) is 1. The summed E-state index contributed by atoms with van der Waals surface area (Å²) in [5.74, 6) is 0.403. The minimum atomic E-state index is -0.0895. The fourth-order valence-electron chi connectivity index (χ4n) is 3.10. The highest BCUT2D eigenvalue weighted by atomic mass is 16.3. The number of carbonyl (C=O) groups is 1. The van der Waals surface area contributed by atoms with Crippen LogP contribution < -0.4 is 0 Å². The van der Waals surface area contributed by atoms with Crippen LogP contribution in [-0.4, -0.2) is 35.1 Å². The molecule has 3 atom stereocenters. The van der Waals surface area contributed by atoms with Crippen molar-refractivity contribution >= 4 is 5.91 Å². The van der Waals surface area contributed by atoms with Gasteiger partial charge >= 0.3 is 0 Å². The molecule has 3 nitrogen and oxygen atoms in total. The van der Waals surface area contributed by atoms with E-state index < -0.39 is 0 Å². The molecule has 0 radical (unpaired) electrons. The van der Waals surface area contributed by atoms with E-state index in [0.29, 0.717) is 5.92 Å². The SMILES string of the molecule is CCC(C)C(C(=O)N1CCCC1CO)c1ccccc1. The second-order valence-corrected chi connectivity index (χ2v) is 5.78. The quantitative estimate of drug-likeness (QED) is 0.897. The largest absolute Gasteiger partial charge is 0.394 e. The minimum Gasteiger partial charge on any atom is -0.394 e. The van der Waals surface area contributed by atoms with E-state index >= 15 is 0 Å². The Labute approximate surface area is 121 Å². The number of amides is 1. The number of aliphatic hydroxyl groups is 1. The molecule has 1 fully saturated rings. The first kappa shape index (κ1) is 15.0. The molecule has 1 aromatic carbocycles. The van der Waals surface area contributed by atoms with Crippen molar-refractivity contribution in [2.24, 2.45) is 5.92 Å². The number of nitrogens with zero attached hydrogens (tertiary/aromatic N) is 1. The molecule has 1 N–H and O–H groups in total. The van der Waals surface area contributed by atoms with Gasteiger partial charge in [0.15, 0.2) is 0 Å². The molecule has 0 saturated carbocycles. The molecule has 0 aromatic heterocycles. The van der Waals surface area contributed by atoms with E-state index in [1.165, 1.54) is 0 Å². The summed E-state index contributed by atoms with van der Waals surface area (Å²) in [5, 5.41) is 9.44. The highest BCUT2D eigenvalue weighted by molar-refractivity contribution is 5.84. The average Bonchev–Trinajstić information content (AvgIpc) is 2.96. The van der Waals surface area contributed by atoms with Crippen molar-refractivity contribution < 1.29 is 9.90 Å². The number of hydrogen-bond donors (Lipinski definition) is 1. The van der Waals surface area contributed by atoms with Gasteiger partial charge in [0.2, 0.25) is 5.91 Å².